The monoisotopic (exact) mass is 346 g/mol. The average Bonchev–Trinajstić information content (AvgIpc) is 3.26. The van der Waals surface area contributed by atoms with Crippen molar-refractivity contribution in [1.29, 1.82) is 0 Å². The molecule has 6 heteroatoms. The first kappa shape index (κ1) is 15.8. The highest BCUT2D eigenvalue weighted by atomic mass is 32.1. The number of nitrogens with zero attached hydrogens (tertiary/aromatic N) is 1. The number of thiophene rings is 1. The molecule has 2 heterocycles. The number of hydrogen-bond donors (Lipinski definition) is 1. The van der Waals surface area contributed by atoms with Gasteiger partial charge in [0.15, 0.2) is 16.6 Å². The lowest BCUT2D eigenvalue weighted by atomic mass is 10.1. The summed E-state index contributed by atoms with van der Waals surface area (Å²) >= 11 is 3.34. The maximum absolute atomic E-state index is 5.33. The summed E-state index contributed by atoms with van der Waals surface area (Å²) in [6.45, 7) is 0.826. The maximum Gasteiger partial charge on any atom is 0.183 e. The third-order valence-corrected chi connectivity index (χ3v) is 5.11. The first-order chi connectivity index (χ1) is 11.3. The molecule has 0 aliphatic rings. The molecule has 4 nitrogen and oxygen atoms in total. The number of hydrogen-bond acceptors (Lipinski definition) is 6. The minimum absolute atomic E-state index is 0.754. The second kappa shape index (κ2) is 7.48. The Hall–Kier alpha value is -2.05. The van der Waals surface area contributed by atoms with Crippen LogP contribution in [0.3, 0.4) is 0 Å². The molecule has 0 fully saturated rings. The topological polar surface area (TPSA) is 43.4 Å². The average molecular weight is 346 g/mol. The summed E-state index contributed by atoms with van der Waals surface area (Å²) in [5, 5.41) is 8.49. The van der Waals surface area contributed by atoms with Crippen molar-refractivity contribution in [3.63, 3.8) is 0 Å². The zero-order valence-electron chi connectivity index (χ0n) is 13.0. The van der Waals surface area contributed by atoms with Crippen LogP contribution in [0.15, 0.2) is 41.1 Å². The third kappa shape index (κ3) is 3.83. The Morgan fingerprint density at radius 2 is 1.96 bits per heavy atom. The number of ether oxygens (including phenoxy) is 2. The number of thiazole rings is 1. The Balaban J connectivity index is 1.57. The maximum atomic E-state index is 5.33. The summed E-state index contributed by atoms with van der Waals surface area (Å²) in [4.78, 5) is 5.82. The van der Waals surface area contributed by atoms with Gasteiger partial charge < -0.3 is 14.8 Å². The molecular formula is C17H18N2O2S2. The van der Waals surface area contributed by atoms with Crippen LogP contribution < -0.4 is 14.8 Å². The first-order valence-corrected chi connectivity index (χ1v) is 9.00. The normalized spacial score (nSPS) is 10.5. The van der Waals surface area contributed by atoms with Crippen LogP contribution in [0.2, 0.25) is 0 Å². The van der Waals surface area contributed by atoms with Gasteiger partial charge >= 0.3 is 0 Å². The lowest BCUT2D eigenvalue weighted by Gasteiger charge is -2.09. The summed E-state index contributed by atoms with van der Waals surface area (Å²) in [7, 11) is 3.30. The van der Waals surface area contributed by atoms with E-state index in [9.17, 15) is 0 Å². The molecule has 0 radical (unpaired) electrons. The number of anilines is 1. The van der Waals surface area contributed by atoms with Crippen LogP contribution in [-0.2, 0) is 6.42 Å². The third-order valence-electron chi connectivity index (χ3n) is 3.42. The molecule has 0 unspecified atom stereocenters. The van der Waals surface area contributed by atoms with Gasteiger partial charge in [0.25, 0.3) is 0 Å². The van der Waals surface area contributed by atoms with Crippen LogP contribution in [0, 0.1) is 0 Å². The van der Waals surface area contributed by atoms with E-state index >= 15 is 0 Å². The van der Waals surface area contributed by atoms with E-state index in [0.29, 0.717) is 0 Å². The molecule has 0 amide bonds. The van der Waals surface area contributed by atoms with Gasteiger partial charge in [-0.25, -0.2) is 4.98 Å². The minimum Gasteiger partial charge on any atom is -0.493 e. The Bertz CT molecular complexity index is 754. The molecule has 2 aromatic heterocycles. The summed E-state index contributed by atoms with van der Waals surface area (Å²) in [5.74, 6) is 1.52. The number of methoxy groups -OCH3 is 2. The van der Waals surface area contributed by atoms with E-state index < -0.39 is 0 Å². The predicted octanol–water partition coefficient (Wildman–Crippen LogP) is 4.54. The smallest absolute Gasteiger partial charge is 0.183 e. The zero-order chi connectivity index (χ0) is 16.1. The standard InChI is InChI=1S/C17H18N2O2S2/c1-20-14-6-5-12(10-15(14)21-2)7-8-18-17-19-13(11-23-17)16-4-3-9-22-16/h3-6,9-11H,7-8H2,1-2H3,(H,18,19). The van der Waals surface area contributed by atoms with Crippen molar-refractivity contribution in [2.24, 2.45) is 0 Å². The molecule has 0 atom stereocenters. The zero-order valence-corrected chi connectivity index (χ0v) is 14.7. The van der Waals surface area contributed by atoms with Gasteiger partial charge in [-0.1, -0.05) is 12.1 Å². The Kier molecular flexibility index (Phi) is 5.15. The fourth-order valence-corrected chi connectivity index (χ4v) is 3.74. The SMILES string of the molecule is COc1ccc(CCNc2nc(-c3cccs3)cs2)cc1OC. The molecular weight excluding hydrogens is 328 g/mol. The molecule has 0 aliphatic heterocycles. The largest absolute Gasteiger partial charge is 0.493 e. The lowest BCUT2D eigenvalue weighted by Crippen LogP contribution is -2.04. The summed E-state index contributed by atoms with van der Waals surface area (Å²) in [6, 6.07) is 10.1. The van der Waals surface area contributed by atoms with E-state index in [-0.39, 0.29) is 0 Å². The van der Waals surface area contributed by atoms with Crippen molar-refractivity contribution >= 4 is 27.8 Å². The van der Waals surface area contributed by atoms with E-state index in [1.54, 1.807) is 36.9 Å². The Morgan fingerprint density at radius 1 is 1.09 bits per heavy atom. The van der Waals surface area contributed by atoms with Crippen molar-refractivity contribution < 1.29 is 9.47 Å². The molecule has 120 valence electrons. The van der Waals surface area contributed by atoms with Crippen LogP contribution in [0.4, 0.5) is 5.13 Å². The molecule has 0 aliphatic carbocycles. The number of rotatable bonds is 7. The first-order valence-electron chi connectivity index (χ1n) is 7.24. The van der Waals surface area contributed by atoms with E-state index in [1.807, 2.05) is 18.2 Å². The van der Waals surface area contributed by atoms with E-state index in [1.165, 1.54) is 10.4 Å². The van der Waals surface area contributed by atoms with Gasteiger partial charge in [0.1, 0.15) is 0 Å². The van der Waals surface area contributed by atoms with Crippen LogP contribution in [0.5, 0.6) is 11.5 Å². The van der Waals surface area contributed by atoms with Gasteiger partial charge in [0.2, 0.25) is 0 Å². The van der Waals surface area contributed by atoms with Crippen LogP contribution in [-0.4, -0.2) is 25.7 Å². The molecule has 0 saturated carbocycles. The van der Waals surface area contributed by atoms with E-state index in [4.69, 9.17) is 9.47 Å². The second-order valence-corrected chi connectivity index (χ2v) is 6.69. The highest BCUT2D eigenvalue weighted by molar-refractivity contribution is 7.15. The molecule has 1 N–H and O–H groups in total. The van der Waals surface area contributed by atoms with Crippen LogP contribution in [0.25, 0.3) is 10.6 Å². The predicted molar refractivity (Wildman–Crippen MR) is 97.2 cm³/mol. The number of nitrogens with one attached hydrogen (secondary N) is 1. The molecule has 3 aromatic rings. The molecule has 3 rings (SSSR count). The fraction of sp³-hybridized carbons (Fsp3) is 0.235. The number of benzene rings is 1. The van der Waals surface area contributed by atoms with Gasteiger partial charge in [0, 0.05) is 11.9 Å². The highest BCUT2D eigenvalue weighted by Crippen LogP contribution is 2.29. The second-order valence-electron chi connectivity index (χ2n) is 4.88. The van der Waals surface area contributed by atoms with Crippen LogP contribution >= 0.6 is 22.7 Å². The van der Waals surface area contributed by atoms with E-state index in [2.05, 4.69) is 33.2 Å². The van der Waals surface area contributed by atoms with Crippen molar-refractivity contribution in [3.8, 4) is 22.1 Å². The Morgan fingerprint density at radius 3 is 2.70 bits per heavy atom. The van der Waals surface area contributed by atoms with Gasteiger partial charge in [-0.2, -0.15) is 0 Å². The quantitative estimate of drug-likeness (QED) is 0.682. The molecule has 0 bridgehead atoms. The van der Waals surface area contributed by atoms with Gasteiger partial charge in [0.05, 0.1) is 24.8 Å². The number of aromatic nitrogens is 1. The fourth-order valence-electron chi connectivity index (χ4n) is 2.24. The van der Waals surface area contributed by atoms with Crippen LogP contribution in [0.1, 0.15) is 5.56 Å². The summed E-state index contributed by atoms with van der Waals surface area (Å²) in [6.07, 6.45) is 0.897. The molecule has 0 saturated heterocycles. The van der Waals surface area contributed by atoms with Crippen molar-refractivity contribution in [1.82, 2.24) is 4.98 Å². The highest BCUT2D eigenvalue weighted by Gasteiger charge is 2.06. The Labute approximate surface area is 143 Å². The van der Waals surface area contributed by atoms with Crippen molar-refractivity contribution in [2.45, 2.75) is 6.42 Å². The van der Waals surface area contributed by atoms with Crippen molar-refractivity contribution in [3.05, 3.63) is 46.7 Å². The summed E-state index contributed by atoms with van der Waals surface area (Å²) in [5.41, 5.74) is 2.24. The molecule has 1 aromatic carbocycles. The van der Waals surface area contributed by atoms with Gasteiger partial charge in [-0.15, -0.1) is 22.7 Å². The minimum atomic E-state index is 0.754. The summed E-state index contributed by atoms with van der Waals surface area (Å²) < 4.78 is 10.6. The van der Waals surface area contributed by atoms with Gasteiger partial charge in [-0.3, -0.25) is 0 Å². The molecule has 23 heavy (non-hydrogen) atoms. The van der Waals surface area contributed by atoms with Crippen molar-refractivity contribution in [2.75, 3.05) is 26.1 Å². The van der Waals surface area contributed by atoms with E-state index in [0.717, 1.165) is 35.3 Å². The lowest BCUT2D eigenvalue weighted by molar-refractivity contribution is 0.354. The van der Waals surface area contributed by atoms with Gasteiger partial charge in [-0.05, 0) is 35.6 Å². The molecule has 0 spiro atoms.